The van der Waals surface area contributed by atoms with E-state index in [1.54, 1.807) is 15.4 Å². The zero-order valence-electron chi connectivity index (χ0n) is 20.2. The zero-order chi connectivity index (χ0) is 24.7. The van der Waals surface area contributed by atoms with Gasteiger partial charge < -0.3 is 4.74 Å². The van der Waals surface area contributed by atoms with Crippen LogP contribution in [0.15, 0.2) is 44.5 Å². The Balaban J connectivity index is 1.60. The van der Waals surface area contributed by atoms with Crippen molar-refractivity contribution in [3.8, 4) is 0 Å². The Kier molecular flexibility index (Phi) is 6.43. The van der Waals surface area contributed by atoms with Gasteiger partial charge >= 0.3 is 5.69 Å². The number of hydrogen-bond acceptors (Lipinski definition) is 8. The average Bonchev–Trinajstić information content (AvgIpc) is 3.57. The predicted octanol–water partition coefficient (Wildman–Crippen LogP) is 3.27. The van der Waals surface area contributed by atoms with Crippen molar-refractivity contribution < 1.29 is 4.74 Å². The summed E-state index contributed by atoms with van der Waals surface area (Å²) in [7, 11) is 1.81. The number of hydrogen-bond donors (Lipinski definition) is 1. The van der Waals surface area contributed by atoms with E-state index < -0.39 is 0 Å². The van der Waals surface area contributed by atoms with Crippen LogP contribution >= 0.6 is 23.3 Å². The maximum absolute atomic E-state index is 13.7. The van der Waals surface area contributed by atoms with Gasteiger partial charge in [-0.15, -0.1) is 11.3 Å². The van der Waals surface area contributed by atoms with Gasteiger partial charge in [0.25, 0.3) is 5.56 Å². The van der Waals surface area contributed by atoms with E-state index in [9.17, 15) is 9.59 Å². The van der Waals surface area contributed by atoms with Gasteiger partial charge in [-0.2, -0.15) is 5.10 Å². The fourth-order valence-corrected chi connectivity index (χ4v) is 5.97. The molecule has 5 rings (SSSR count). The summed E-state index contributed by atoms with van der Waals surface area (Å²) < 4.78 is 14.5. The largest absolute Gasteiger partial charge is 0.372 e. The molecular weight excluding hydrogens is 484 g/mol. The number of nitrogens with zero attached hydrogens (tertiary/aromatic N) is 5. The van der Waals surface area contributed by atoms with Crippen molar-refractivity contribution in [2.24, 2.45) is 7.05 Å². The topological polar surface area (TPSA) is 96.0 Å². The molecule has 0 saturated carbocycles. The molecule has 0 atom stereocenters. The Labute approximate surface area is 210 Å². The SMILES string of the molecule is CCC(C)(C)NSc1cc2c(=O)n(Cc3cnn(C)c3)c(=O)n(Cc3cc4c(cn3)COC4)c2s1. The van der Waals surface area contributed by atoms with Crippen molar-refractivity contribution in [1.82, 2.24) is 28.6 Å². The lowest BCUT2D eigenvalue weighted by Crippen LogP contribution is -2.40. The Morgan fingerprint density at radius 3 is 2.69 bits per heavy atom. The van der Waals surface area contributed by atoms with E-state index in [2.05, 4.69) is 35.6 Å². The summed E-state index contributed by atoms with van der Waals surface area (Å²) in [5, 5.41) is 4.71. The molecule has 0 aliphatic carbocycles. The number of fused-ring (bicyclic) bond motifs is 2. The van der Waals surface area contributed by atoms with Crippen molar-refractivity contribution in [2.45, 2.75) is 63.2 Å². The Morgan fingerprint density at radius 1 is 1.14 bits per heavy atom. The smallest absolute Gasteiger partial charge is 0.332 e. The highest BCUT2D eigenvalue weighted by Gasteiger charge is 2.21. The second-order valence-corrected chi connectivity index (χ2v) is 11.6. The predicted molar refractivity (Wildman–Crippen MR) is 138 cm³/mol. The molecule has 0 unspecified atom stereocenters. The van der Waals surface area contributed by atoms with Crippen LogP contribution in [0.5, 0.6) is 0 Å². The van der Waals surface area contributed by atoms with Crippen LogP contribution in [0, 0.1) is 0 Å². The monoisotopic (exact) mass is 512 g/mol. The lowest BCUT2D eigenvalue weighted by molar-refractivity contribution is 0.134. The maximum Gasteiger partial charge on any atom is 0.332 e. The van der Waals surface area contributed by atoms with E-state index in [0.29, 0.717) is 23.4 Å². The number of thiophene rings is 1. The van der Waals surface area contributed by atoms with Crippen LogP contribution in [-0.2, 0) is 38.1 Å². The number of nitrogens with one attached hydrogen (secondary N) is 1. The first-order chi connectivity index (χ1) is 16.7. The molecule has 1 aliphatic heterocycles. The minimum absolute atomic E-state index is 0.0581. The molecule has 184 valence electrons. The summed E-state index contributed by atoms with van der Waals surface area (Å²) in [6, 6.07) is 3.87. The summed E-state index contributed by atoms with van der Waals surface area (Å²) >= 11 is 2.94. The molecule has 0 radical (unpaired) electrons. The summed E-state index contributed by atoms with van der Waals surface area (Å²) in [5.74, 6) is 0. The first-order valence-electron chi connectivity index (χ1n) is 11.5. The third-order valence-electron chi connectivity index (χ3n) is 6.26. The van der Waals surface area contributed by atoms with E-state index in [4.69, 9.17) is 4.74 Å². The van der Waals surface area contributed by atoms with Crippen LogP contribution in [0.4, 0.5) is 0 Å². The van der Waals surface area contributed by atoms with Crippen LogP contribution in [0.25, 0.3) is 10.2 Å². The quantitative estimate of drug-likeness (QED) is 0.362. The van der Waals surface area contributed by atoms with Gasteiger partial charge in [0.1, 0.15) is 4.83 Å². The second kappa shape index (κ2) is 9.38. The third kappa shape index (κ3) is 4.86. The number of aromatic nitrogens is 5. The molecule has 0 fully saturated rings. The fraction of sp³-hybridized carbons (Fsp3) is 0.417. The zero-order valence-corrected chi connectivity index (χ0v) is 21.8. The van der Waals surface area contributed by atoms with E-state index in [1.165, 1.54) is 27.9 Å². The van der Waals surface area contributed by atoms with E-state index in [1.807, 2.05) is 31.6 Å². The van der Waals surface area contributed by atoms with E-state index >= 15 is 0 Å². The van der Waals surface area contributed by atoms with Crippen molar-refractivity contribution in [1.29, 1.82) is 0 Å². The van der Waals surface area contributed by atoms with E-state index in [-0.39, 0.29) is 29.9 Å². The third-order valence-corrected chi connectivity index (χ3v) is 8.68. The van der Waals surface area contributed by atoms with Gasteiger partial charge in [-0.05, 0) is 49.9 Å². The van der Waals surface area contributed by atoms with Gasteiger partial charge in [0.2, 0.25) is 0 Å². The standard InChI is InChI=1S/C24H28N6O3S2/c1-5-24(2,3)27-35-20-7-19-21(31)29(11-15-8-26-28(4)10-15)23(32)30(22(19)34-20)12-18-6-16-13-33-14-17(16)9-25-18/h6-10,27H,5,11-14H2,1-4H3. The molecule has 11 heteroatoms. The minimum atomic E-state index is -0.356. The van der Waals surface area contributed by atoms with Crippen molar-refractivity contribution in [3.63, 3.8) is 0 Å². The molecule has 0 aromatic carbocycles. The normalized spacial score (nSPS) is 13.6. The molecule has 35 heavy (non-hydrogen) atoms. The highest BCUT2D eigenvalue weighted by Crippen LogP contribution is 2.31. The van der Waals surface area contributed by atoms with Gasteiger partial charge in [-0.25, -0.2) is 4.79 Å². The van der Waals surface area contributed by atoms with Crippen molar-refractivity contribution in [3.05, 3.63) is 73.9 Å². The Bertz CT molecular complexity index is 1510. The van der Waals surface area contributed by atoms with Gasteiger partial charge in [-0.1, -0.05) is 6.92 Å². The minimum Gasteiger partial charge on any atom is -0.372 e. The van der Waals surface area contributed by atoms with E-state index in [0.717, 1.165) is 33.0 Å². The molecule has 1 aliphatic rings. The highest BCUT2D eigenvalue weighted by molar-refractivity contribution is 7.99. The second-order valence-electron chi connectivity index (χ2n) is 9.45. The molecule has 5 heterocycles. The molecular formula is C24H28N6O3S2. The maximum atomic E-state index is 13.7. The number of ether oxygens (including phenoxy) is 1. The van der Waals surface area contributed by atoms with Crippen LogP contribution in [0.3, 0.4) is 0 Å². The van der Waals surface area contributed by atoms with Crippen molar-refractivity contribution in [2.75, 3.05) is 0 Å². The lowest BCUT2D eigenvalue weighted by atomic mass is 10.0. The van der Waals surface area contributed by atoms with Gasteiger partial charge in [-0.3, -0.25) is 28.3 Å². The first kappa shape index (κ1) is 24.0. The number of aryl methyl sites for hydroxylation is 1. The molecule has 0 bridgehead atoms. The molecule has 0 saturated heterocycles. The van der Waals surface area contributed by atoms with Gasteiger partial charge in [0, 0.05) is 36.1 Å². The highest BCUT2D eigenvalue weighted by atomic mass is 32.2. The summed E-state index contributed by atoms with van der Waals surface area (Å²) in [5.41, 5.74) is 3.02. The molecule has 4 aromatic heterocycles. The number of pyridine rings is 1. The van der Waals surface area contributed by atoms with Gasteiger partial charge in [0.05, 0.1) is 47.8 Å². The lowest BCUT2D eigenvalue weighted by Gasteiger charge is -2.22. The first-order valence-corrected chi connectivity index (χ1v) is 13.1. The average molecular weight is 513 g/mol. The Morgan fingerprint density at radius 2 is 1.94 bits per heavy atom. The fourth-order valence-electron chi connectivity index (χ4n) is 3.86. The molecule has 1 N–H and O–H groups in total. The molecule has 9 nitrogen and oxygen atoms in total. The molecule has 0 spiro atoms. The van der Waals surface area contributed by atoms with Crippen molar-refractivity contribution >= 4 is 33.5 Å². The van der Waals surface area contributed by atoms with Crippen LogP contribution in [0.2, 0.25) is 0 Å². The summed E-state index contributed by atoms with van der Waals surface area (Å²) in [4.78, 5) is 32.3. The summed E-state index contributed by atoms with van der Waals surface area (Å²) in [6.45, 7) is 7.94. The van der Waals surface area contributed by atoms with Crippen LogP contribution in [-0.4, -0.2) is 29.4 Å². The molecule has 0 amide bonds. The Hall–Kier alpha value is -2.73. The van der Waals surface area contributed by atoms with Crippen LogP contribution < -0.4 is 16.0 Å². The number of rotatable bonds is 8. The molecule has 4 aromatic rings. The van der Waals surface area contributed by atoms with Crippen LogP contribution in [0.1, 0.15) is 49.6 Å². The summed E-state index contributed by atoms with van der Waals surface area (Å²) in [6.07, 6.45) is 6.27. The van der Waals surface area contributed by atoms with Gasteiger partial charge in [0.15, 0.2) is 0 Å².